The zero-order valence-electron chi connectivity index (χ0n) is 9.30. The van der Waals surface area contributed by atoms with Crippen LogP contribution in [0.3, 0.4) is 0 Å². The number of nitrogens with zero attached hydrogens (tertiary/aromatic N) is 2. The molecule has 0 aliphatic rings. The van der Waals surface area contributed by atoms with E-state index in [0.717, 1.165) is 4.57 Å². The highest BCUT2D eigenvalue weighted by molar-refractivity contribution is 14.1. The fraction of sp³-hybridized carbons (Fsp3) is 0. The lowest BCUT2D eigenvalue weighted by molar-refractivity contribution is 0.317. The van der Waals surface area contributed by atoms with Crippen LogP contribution in [0.25, 0.3) is 0 Å². The fourth-order valence-electron chi connectivity index (χ4n) is 1.45. The van der Waals surface area contributed by atoms with Gasteiger partial charge in [0.2, 0.25) is 0 Å². The zero-order valence-corrected chi connectivity index (χ0v) is 11.5. The van der Waals surface area contributed by atoms with Gasteiger partial charge in [-0.3, -0.25) is 9.78 Å². The second-order valence-electron chi connectivity index (χ2n) is 3.54. The molecule has 0 spiro atoms. The number of aromatic amines is 1. The highest BCUT2D eigenvalue weighted by atomic mass is 127. The number of aromatic nitrogens is 2. The predicted octanol–water partition coefficient (Wildman–Crippen LogP) is 0.964. The van der Waals surface area contributed by atoms with E-state index >= 15 is 0 Å². The van der Waals surface area contributed by atoms with E-state index in [1.807, 2.05) is 0 Å². The van der Waals surface area contributed by atoms with E-state index in [2.05, 4.69) is 10.1 Å². The van der Waals surface area contributed by atoms with Crippen molar-refractivity contribution >= 4 is 28.4 Å². The highest BCUT2D eigenvalue weighted by Crippen LogP contribution is 2.05. The zero-order chi connectivity index (χ0) is 14.0. The summed E-state index contributed by atoms with van der Waals surface area (Å²) < 4.78 is 14.1. The van der Waals surface area contributed by atoms with Gasteiger partial charge in [-0.2, -0.15) is 0 Å². The van der Waals surface area contributed by atoms with E-state index in [1.165, 1.54) is 30.5 Å². The summed E-state index contributed by atoms with van der Waals surface area (Å²) in [6.45, 7) is 0. The van der Waals surface area contributed by atoms with Gasteiger partial charge >= 0.3 is 5.69 Å². The molecule has 2 N–H and O–H groups in total. The first kappa shape index (κ1) is 13.5. The monoisotopic (exact) mass is 375 g/mol. The average Bonchev–Trinajstić information content (AvgIpc) is 2.38. The van der Waals surface area contributed by atoms with Crippen molar-refractivity contribution in [3.8, 4) is 0 Å². The minimum absolute atomic E-state index is 0.112. The quantitative estimate of drug-likeness (QED) is 0.256. The molecule has 0 radical (unpaired) electrons. The standard InChI is InChI=1S/C11H7FIN3O3/c12-7-3-1-6(2-4-7)9(15-19)16-5-8(13)10(17)14-11(16)18/h1-5,19H,(H,14,17,18)/b15-9+. The normalized spacial score (nSPS) is 11.6. The summed E-state index contributed by atoms with van der Waals surface area (Å²) in [5, 5.41) is 12.0. The molecule has 0 aliphatic heterocycles. The molecule has 2 aromatic rings. The second-order valence-corrected chi connectivity index (χ2v) is 4.70. The number of nitrogens with one attached hydrogen (secondary N) is 1. The van der Waals surface area contributed by atoms with Crippen LogP contribution in [0.5, 0.6) is 0 Å². The molecule has 2 rings (SSSR count). The first-order valence-corrected chi connectivity index (χ1v) is 6.10. The van der Waals surface area contributed by atoms with Crippen LogP contribution in [0, 0.1) is 9.39 Å². The molecule has 0 saturated carbocycles. The molecule has 1 aromatic carbocycles. The van der Waals surface area contributed by atoms with Gasteiger partial charge in [0.15, 0.2) is 5.84 Å². The van der Waals surface area contributed by atoms with E-state index in [4.69, 9.17) is 5.21 Å². The smallest absolute Gasteiger partial charge is 0.334 e. The summed E-state index contributed by atoms with van der Waals surface area (Å²) in [5.74, 6) is -0.566. The van der Waals surface area contributed by atoms with Crippen molar-refractivity contribution < 1.29 is 9.60 Å². The maximum absolute atomic E-state index is 12.8. The van der Waals surface area contributed by atoms with Crippen molar-refractivity contribution in [2.24, 2.45) is 5.16 Å². The molecule has 0 unspecified atom stereocenters. The molecular formula is C11H7FIN3O3. The van der Waals surface area contributed by atoms with E-state index in [1.54, 1.807) is 22.6 Å². The Balaban J connectivity index is 2.61. The van der Waals surface area contributed by atoms with Crippen LogP contribution in [0.1, 0.15) is 5.56 Å². The van der Waals surface area contributed by atoms with Gasteiger partial charge in [-0.15, -0.1) is 0 Å². The molecule has 1 heterocycles. The van der Waals surface area contributed by atoms with Gasteiger partial charge in [-0.1, -0.05) is 5.16 Å². The van der Waals surface area contributed by atoms with Gasteiger partial charge in [-0.05, 0) is 46.9 Å². The Labute approximate surface area is 119 Å². The number of halogens is 2. The molecule has 0 bridgehead atoms. The predicted molar refractivity (Wildman–Crippen MR) is 74.2 cm³/mol. The summed E-state index contributed by atoms with van der Waals surface area (Å²) in [5.41, 5.74) is -0.949. The van der Waals surface area contributed by atoms with Gasteiger partial charge in [0, 0.05) is 11.8 Å². The Kier molecular flexibility index (Phi) is 3.79. The van der Waals surface area contributed by atoms with Gasteiger partial charge in [0.25, 0.3) is 5.56 Å². The van der Waals surface area contributed by atoms with Crippen LogP contribution in [-0.4, -0.2) is 20.6 Å². The Morgan fingerprint density at radius 3 is 2.53 bits per heavy atom. The van der Waals surface area contributed by atoms with Crippen LogP contribution in [0.4, 0.5) is 4.39 Å². The third-order valence-corrected chi connectivity index (χ3v) is 3.09. The molecule has 19 heavy (non-hydrogen) atoms. The Hall–Kier alpha value is -1.97. The topological polar surface area (TPSA) is 87.5 Å². The van der Waals surface area contributed by atoms with Crippen molar-refractivity contribution in [3.63, 3.8) is 0 Å². The summed E-state index contributed by atoms with van der Waals surface area (Å²) in [6.07, 6.45) is 1.24. The SMILES string of the molecule is O=c1[nH]c(=O)n(/C(=N/O)c2ccc(F)cc2)cc1I. The van der Waals surface area contributed by atoms with E-state index in [-0.39, 0.29) is 9.41 Å². The molecule has 98 valence electrons. The number of rotatable bonds is 1. The van der Waals surface area contributed by atoms with Gasteiger partial charge in [-0.25, -0.2) is 13.8 Å². The molecule has 0 saturated heterocycles. The summed E-state index contributed by atoms with van der Waals surface area (Å²) in [7, 11) is 0. The highest BCUT2D eigenvalue weighted by Gasteiger charge is 2.11. The number of benzene rings is 1. The lowest BCUT2D eigenvalue weighted by Gasteiger charge is -2.07. The van der Waals surface area contributed by atoms with Gasteiger partial charge in [0.05, 0.1) is 3.57 Å². The number of hydrogen-bond acceptors (Lipinski definition) is 4. The van der Waals surface area contributed by atoms with E-state index < -0.39 is 17.1 Å². The molecule has 8 heteroatoms. The lowest BCUT2D eigenvalue weighted by Crippen LogP contribution is -2.35. The van der Waals surface area contributed by atoms with E-state index in [9.17, 15) is 14.0 Å². The summed E-state index contributed by atoms with van der Waals surface area (Å²) >= 11 is 1.74. The van der Waals surface area contributed by atoms with Crippen LogP contribution in [-0.2, 0) is 0 Å². The fourth-order valence-corrected chi connectivity index (χ4v) is 1.86. The number of hydrogen-bond donors (Lipinski definition) is 2. The molecule has 0 amide bonds. The van der Waals surface area contributed by atoms with Crippen molar-refractivity contribution in [2.45, 2.75) is 0 Å². The van der Waals surface area contributed by atoms with Gasteiger partial charge in [0.1, 0.15) is 5.82 Å². The largest absolute Gasteiger partial charge is 0.409 e. The third-order valence-electron chi connectivity index (χ3n) is 2.32. The van der Waals surface area contributed by atoms with Crippen molar-refractivity contribution in [2.75, 3.05) is 0 Å². The van der Waals surface area contributed by atoms with Crippen molar-refractivity contribution in [3.05, 3.63) is 66.3 Å². The van der Waals surface area contributed by atoms with E-state index in [0.29, 0.717) is 5.56 Å². The molecule has 0 aliphatic carbocycles. The summed E-state index contributed by atoms with van der Waals surface area (Å²) in [4.78, 5) is 25.0. The minimum Gasteiger partial charge on any atom is -0.409 e. The minimum atomic E-state index is -0.748. The number of H-pyrrole nitrogens is 1. The van der Waals surface area contributed by atoms with Crippen LogP contribution >= 0.6 is 22.6 Å². The van der Waals surface area contributed by atoms with Crippen molar-refractivity contribution in [1.29, 1.82) is 0 Å². The maximum atomic E-state index is 12.8. The first-order valence-electron chi connectivity index (χ1n) is 5.03. The Morgan fingerprint density at radius 1 is 1.32 bits per heavy atom. The molecule has 6 nitrogen and oxygen atoms in total. The average molecular weight is 375 g/mol. The van der Waals surface area contributed by atoms with Crippen LogP contribution in [0.2, 0.25) is 0 Å². The third kappa shape index (κ3) is 2.72. The maximum Gasteiger partial charge on any atom is 0.334 e. The summed E-state index contributed by atoms with van der Waals surface area (Å²) in [6, 6.07) is 5.05. The van der Waals surface area contributed by atoms with Crippen LogP contribution in [0.15, 0.2) is 45.2 Å². The number of oxime groups is 1. The molecular weight excluding hydrogens is 368 g/mol. The first-order chi connectivity index (χ1) is 9.02. The Morgan fingerprint density at radius 2 is 1.95 bits per heavy atom. The second kappa shape index (κ2) is 5.34. The van der Waals surface area contributed by atoms with Crippen LogP contribution < -0.4 is 11.2 Å². The molecule has 0 atom stereocenters. The lowest BCUT2D eigenvalue weighted by atomic mass is 10.2. The van der Waals surface area contributed by atoms with Crippen molar-refractivity contribution in [1.82, 2.24) is 9.55 Å². The Bertz CT molecular complexity index is 749. The molecule has 1 aromatic heterocycles. The van der Waals surface area contributed by atoms with Gasteiger partial charge < -0.3 is 5.21 Å². The molecule has 0 fully saturated rings.